The molecule has 4 heteroatoms. The van der Waals surface area contributed by atoms with Gasteiger partial charge in [0.2, 0.25) is 5.95 Å². The first kappa shape index (κ1) is 18.7. The number of nitrogens with two attached hydrogens (primary N) is 1. The molecular formula is C21H19FeN3-6. The van der Waals surface area contributed by atoms with Crippen molar-refractivity contribution in [3.05, 3.63) is 90.5 Å². The quantitative estimate of drug-likeness (QED) is 0.407. The van der Waals surface area contributed by atoms with Gasteiger partial charge in [0.25, 0.3) is 0 Å². The fraction of sp³-hybridized carbons (Fsp3) is 0.0476. The normalized spacial score (nSPS) is 9.64. The summed E-state index contributed by atoms with van der Waals surface area (Å²) in [4.78, 5) is 8.60. The maximum atomic E-state index is 5.81. The Morgan fingerprint density at radius 1 is 0.880 bits per heavy atom. The molecule has 0 unspecified atom stereocenters. The van der Waals surface area contributed by atoms with E-state index in [4.69, 9.17) is 5.73 Å². The molecule has 0 spiro atoms. The van der Waals surface area contributed by atoms with Gasteiger partial charge in [-0.25, -0.2) is 9.97 Å². The zero-order chi connectivity index (χ0) is 16.8. The van der Waals surface area contributed by atoms with Crippen molar-refractivity contribution in [3.63, 3.8) is 0 Å². The molecule has 0 aliphatic heterocycles. The van der Waals surface area contributed by atoms with Crippen molar-refractivity contribution in [3.8, 4) is 22.5 Å². The zero-order valence-electron chi connectivity index (χ0n) is 13.9. The average Bonchev–Trinajstić information content (AvgIpc) is 3.31. The molecule has 1 aromatic heterocycles. The number of nitrogen functional groups attached to an aromatic ring is 1. The number of hydrogen-bond acceptors (Lipinski definition) is 3. The summed E-state index contributed by atoms with van der Waals surface area (Å²) in [6.07, 6.45) is 0. The molecule has 2 N–H and O–H groups in total. The fourth-order valence-corrected chi connectivity index (χ4v) is 2.35. The molecule has 0 atom stereocenters. The van der Waals surface area contributed by atoms with Crippen LogP contribution in [-0.4, -0.2) is 9.97 Å². The van der Waals surface area contributed by atoms with Crippen LogP contribution in [0.5, 0.6) is 0 Å². The van der Waals surface area contributed by atoms with E-state index in [0.29, 0.717) is 5.95 Å². The van der Waals surface area contributed by atoms with Crippen molar-refractivity contribution in [2.75, 3.05) is 5.73 Å². The summed E-state index contributed by atoms with van der Waals surface area (Å²) in [6, 6.07) is 28.2. The minimum absolute atomic E-state index is 0. The van der Waals surface area contributed by atoms with Crippen molar-refractivity contribution in [2.45, 2.75) is 6.92 Å². The Kier molecular flexibility index (Phi) is 6.70. The van der Waals surface area contributed by atoms with Crippen LogP contribution < -0.4 is 5.73 Å². The summed E-state index contributed by atoms with van der Waals surface area (Å²) < 4.78 is 0. The Bertz CT molecular complexity index is 847. The zero-order valence-corrected chi connectivity index (χ0v) is 15.0. The van der Waals surface area contributed by atoms with E-state index in [-0.39, 0.29) is 17.1 Å². The van der Waals surface area contributed by atoms with Gasteiger partial charge in [0.05, 0.1) is 0 Å². The van der Waals surface area contributed by atoms with Gasteiger partial charge in [-0.1, -0.05) is 41.5 Å². The van der Waals surface area contributed by atoms with Crippen LogP contribution in [0.3, 0.4) is 0 Å². The van der Waals surface area contributed by atoms with Gasteiger partial charge in [-0.05, 0) is 18.2 Å². The summed E-state index contributed by atoms with van der Waals surface area (Å²) in [5.41, 5.74) is 10.8. The molecule has 0 radical (unpaired) electrons. The van der Waals surface area contributed by atoms with E-state index in [2.05, 4.69) is 29.0 Å². The smallest absolute Gasteiger partial charge is 0.218 e. The van der Waals surface area contributed by atoms with E-state index in [9.17, 15) is 0 Å². The van der Waals surface area contributed by atoms with Crippen LogP contribution in [-0.2, 0) is 17.1 Å². The SMILES string of the molecule is Cc1ccc(-c2cc(-[c-]3cccc3)nc(N)n2)cc1.[Fe].[cH-]1[cH-][cH-][cH-][cH-]1. The molecule has 0 bridgehead atoms. The molecule has 1 heterocycles. The van der Waals surface area contributed by atoms with Gasteiger partial charge in [-0.15, -0.1) is 12.1 Å². The first-order valence-electron chi connectivity index (χ1n) is 7.83. The molecule has 132 valence electrons. The molecule has 3 nitrogen and oxygen atoms in total. The number of aryl methyl sites for hydroxylation is 1. The standard InChI is InChI=1S/C16H14N3.C5H5.Fe/c1-11-6-8-13(9-7-11)15-10-14(18-16(17)19-15)12-4-2-3-5-12;1-2-4-5-3-1;/h2-10H,1H3,(H2,17,18,19);1-5H;/q-1;-5;. The summed E-state index contributed by atoms with van der Waals surface area (Å²) in [5.74, 6) is 0.300. The van der Waals surface area contributed by atoms with E-state index >= 15 is 0 Å². The van der Waals surface area contributed by atoms with Gasteiger partial charge in [0, 0.05) is 22.8 Å². The van der Waals surface area contributed by atoms with E-state index < -0.39 is 0 Å². The predicted molar refractivity (Wildman–Crippen MR) is 99.7 cm³/mol. The Balaban J connectivity index is 0.000000325. The summed E-state index contributed by atoms with van der Waals surface area (Å²) in [6.45, 7) is 2.06. The topological polar surface area (TPSA) is 51.8 Å². The third-order valence-electron chi connectivity index (χ3n) is 3.60. The number of benzene rings is 1. The second kappa shape index (κ2) is 8.97. The number of nitrogens with zero attached hydrogens (tertiary/aromatic N) is 2. The third kappa shape index (κ3) is 5.15. The molecule has 0 aliphatic rings. The summed E-state index contributed by atoms with van der Waals surface area (Å²) in [7, 11) is 0. The second-order valence-corrected chi connectivity index (χ2v) is 5.50. The molecule has 0 amide bonds. The number of anilines is 1. The Morgan fingerprint density at radius 2 is 1.44 bits per heavy atom. The minimum Gasteiger partial charge on any atom is -0.748 e. The van der Waals surface area contributed by atoms with Crippen LogP contribution >= 0.6 is 0 Å². The largest absolute Gasteiger partial charge is 0.748 e. The van der Waals surface area contributed by atoms with Crippen LogP contribution in [0.25, 0.3) is 22.5 Å². The van der Waals surface area contributed by atoms with Crippen LogP contribution in [0, 0.1) is 6.92 Å². The van der Waals surface area contributed by atoms with Crippen LogP contribution in [0.4, 0.5) is 5.95 Å². The van der Waals surface area contributed by atoms with Crippen molar-refractivity contribution < 1.29 is 17.1 Å². The Labute approximate surface area is 158 Å². The van der Waals surface area contributed by atoms with Crippen molar-refractivity contribution in [1.29, 1.82) is 0 Å². The van der Waals surface area contributed by atoms with Gasteiger partial charge in [0.1, 0.15) is 0 Å². The number of rotatable bonds is 2. The van der Waals surface area contributed by atoms with Crippen LogP contribution in [0.2, 0.25) is 0 Å². The maximum Gasteiger partial charge on any atom is 0.218 e. The van der Waals surface area contributed by atoms with Crippen molar-refractivity contribution >= 4 is 5.95 Å². The average molecular weight is 369 g/mol. The fourth-order valence-electron chi connectivity index (χ4n) is 2.35. The summed E-state index contributed by atoms with van der Waals surface area (Å²) in [5, 5.41) is 0. The third-order valence-corrected chi connectivity index (χ3v) is 3.60. The molecule has 4 aromatic rings. The monoisotopic (exact) mass is 369 g/mol. The summed E-state index contributed by atoms with van der Waals surface area (Å²) >= 11 is 0. The predicted octanol–water partition coefficient (Wildman–Crippen LogP) is 4.82. The molecule has 0 saturated carbocycles. The van der Waals surface area contributed by atoms with Crippen LogP contribution in [0.1, 0.15) is 5.56 Å². The first-order valence-corrected chi connectivity index (χ1v) is 7.83. The number of hydrogen-bond donors (Lipinski definition) is 1. The van der Waals surface area contributed by atoms with E-state index in [1.165, 1.54) is 5.56 Å². The number of aromatic nitrogens is 2. The molecule has 0 saturated heterocycles. The maximum absolute atomic E-state index is 5.81. The van der Waals surface area contributed by atoms with E-state index in [1.807, 2.05) is 72.8 Å². The Hall–Kier alpha value is -2.68. The molecule has 25 heavy (non-hydrogen) atoms. The van der Waals surface area contributed by atoms with Gasteiger partial charge in [-0.2, -0.15) is 12.1 Å². The minimum atomic E-state index is 0. The second-order valence-electron chi connectivity index (χ2n) is 5.50. The van der Waals surface area contributed by atoms with Gasteiger partial charge in [0.15, 0.2) is 0 Å². The first-order chi connectivity index (χ1) is 11.7. The van der Waals surface area contributed by atoms with Gasteiger partial charge in [-0.3, -0.25) is 0 Å². The van der Waals surface area contributed by atoms with Gasteiger partial charge < -0.3 is 36.1 Å². The molecule has 0 aliphatic carbocycles. The molecular weight excluding hydrogens is 350 g/mol. The van der Waals surface area contributed by atoms with Crippen molar-refractivity contribution in [2.24, 2.45) is 0 Å². The van der Waals surface area contributed by atoms with E-state index in [1.54, 1.807) is 0 Å². The molecule has 4 rings (SSSR count). The van der Waals surface area contributed by atoms with E-state index in [0.717, 1.165) is 22.5 Å². The molecule has 3 aromatic carbocycles. The van der Waals surface area contributed by atoms with Crippen molar-refractivity contribution in [1.82, 2.24) is 9.97 Å². The molecule has 0 fully saturated rings. The Morgan fingerprint density at radius 3 is 2.00 bits per heavy atom. The van der Waals surface area contributed by atoms with Gasteiger partial charge >= 0.3 is 0 Å². The van der Waals surface area contributed by atoms with Crippen LogP contribution in [0.15, 0.2) is 84.9 Å².